The summed E-state index contributed by atoms with van der Waals surface area (Å²) >= 11 is 0. The molecule has 1 aromatic rings. The number of fused-ring (bicyclic) bond motifs is 5. The first kappa shape index (κ1) is 24.4. The van der Waals surface area contributed by atoms with Crippen molar-refractivity contribution in [2.24, 2.45) is 34.5 Å². The largest absolute Gasteiger partial charge is 0.415 e. The number of hydrogen-bond acceptors (Lipinski definition) is 2. The van der Waals surface area contributed by atoms with E-state index in [2.05, 4.69) is 30.6 Å². The molecule has 4 aliphatic rings. The molecule has 4 nitrogen and oxygen atoms in total. The molecule has 0 spiro atoms. The van der Waals surface area contributed by atoms with E-state index in [1.807, 2.05) is 0 Å². The fourth-order valence-electron chi connectivity index (χ4n) is 8.18. The van der Waals surface area contributed by atoms with Gasteiger partial charge in [-0.2, -0.15) is 13.2 Å². The van der Waals surface area contributed by atoms with Crippen LogP contribution in [0.25, 0.3) is 0 Å². The van der Waals surface area contributed by atoms with Crippen molar-refractivity contribution in [2.45, 2.75) is 77.1 Å². The lowest BCUT2D eigenvalue weighted by Crippen LogP contribution is -2.60. The van der Waals surface area contributed by atoms with Crippen molar-refractivity contribution in [1.29, 1.82) is 0 Å². The molecule has 1 aliphatic heterocycles. The van der Waals surface area contributed by atoms with E-state index in [0.29, 0.717) is 24.2 Å². The third-order valence-corrected chi connectivity index (χ3v) is 10.3. The average molecular weight is 489 g/mol. The van der Waals surface area contributed by atoms with Crippen LogP contribution < -0.4 is 10.6 Å². The Hall–Kier alpha value is -2.31. The topological polar surface area (TPSA) is 58.2 Å². The van der Waals surface area contributed by atoms with E-state index in [0.717, 1.165) is 39.0 Å². The molecule has 0 saturated heterocycles. The van der Waals surface area contributed by atoms with E-state index in [1.54, 1.807) is 24.3 Å². The number of halogens is 3. The fourth-order valence-corrected chi connectivity index (χ4v) is 8.18. The second-order valence-electron chi connectivity index (χ2n) is 11.9. The fraction of sp³-hybridized carbons (Fsp3) is 0.643. The summed E-state index contributed by atoms with van der Waals surface area (Å²) in [4.78, 5) is 25.5. The Morgan fingerprint density at radius 3 is 2.43 bits per heavy atom. The van der Waals surface area contributed by atoms with Crippen molar-refractivity contribution in [3.8, 4) is 0 Å². The normalized spacial score (nSPS) is 40.1. The van der Waals surface area contributed by atoms with E-state index < -0.39 is 23.5 Å². The standard InChI is InChI=1S/C28H35F3N2O2/c1-25-15-13-20-18(9-12-22-26(20,2)16-14-23(34)32-22)19(25)10-11-21(25)24(35)33-27(3,28(29,30)31)17-7-5-4-6-8-17/h4-8,14,16,18-22H,9-13,15H2,1-3H3,(H,32,34)(H,33,35)/t18?,19?,20?,21-,22-,25+,26-,27-/m1/s1. The molecular formula is C28H35F3N2O2. The van der Waals surface area contributed by atoms with E-state index in [-0.39, 0.29) is 28.3 Å². The van der Waals surface area contributed by atoms with E-state index in [9.17, 15) is 22.8 Å². The highest BCUT2D eigenvalue weighted by molar-refractivity contribution is 5.89. The van der Waals surface area contributed by atoms with E-state index in [1.165, 1.54) is 12.1 Å². The third-order valence-electron chi connectivity index (χ3n) is 10.3. The molecule has 0 bridgehead atoms. The summed E-state index contributed by atoms with van der Waals surface area (Å²) in [5.41, 5.74) is -2.82. The lowest BCUT2D eigenvalue weighted by molar-refractivity contribution is -0.199. The van der Waals surface area contributed by atoms with Crippen molar-refractivity contribution in [2.75, 3.05) is 0 Å². The molecule has 7 heteroatoms. The van der Waals surface area contributed by atoms with Crippen molar-refractivity contribution in [3.63, 3.8) is 0 Å². The van der Waals surface area contributed by atoms with Crippen molar-refractivity contribution in [3.05, 3.63) is 48.0 Å². The molecule has 35 heavy (non-hydrogen) atoms. The van der Waals surface area contributed by atoms with Gasteiger partial charge in [-0.15, -0.1) is 0 Å². The van der Waals surface area contributed by atoms with Gasteiger partial charge in [-0.3, -0.25) is 9.59 Å². The zero-order chi connectivity index (χ0) is 25.2. The first-order chi connectivity index (χ1) is 16.4. The molecule has 0 aromatic heterocycles. The Balaban J connectivity index is 1.39. The number of nitrogens with one attached hydrogen (secondary N) is 2. The van der Waals surface area contributed by atoms with Gasteiger partial charge in [0, 0.05) is 17.4 Å². The highest BCUT2D eigenvalue weighted by Gasteiger charge is 2.62. The molecule has 0 radical (unpaired) electrons. The minimum absolute atomic E-state index is 0.0321. The van der Waals surface area contributed by atoms with Gasteiger partial charge in [-0.25, -0.2) is 0 Å². The van der Waals surface area contributed by atoms with E-state index >= 15 is 0 Å². The molecule has 3 fully saturated rings. The number of hydrogen-bond donors (Lipinski definition) is 2. The maximum absolute atomic E-state index is 14.3. The maximum Gasteiger partial charge on any atom is 0.415 e. The molecule has 8 atom stereocenters. The number of carbonyl (C=O) groups is 2. The summed E-state index contributed by atoms with van der Waals surface area (Å²) in [6.45, 7) is 5.43. The Bertz CT molecular complexity index is 1040. The highest BCUT2D eigenvalue weighted by atomic mass is 19.4. The monoisotopic (exact) mass is 488 g/mol. The van der Waals surface area contributed by atoms with Gasteiger partial charge in [0.15, 0.2) is 5.54 Å². The molecule has 1 heterocycles. The molecule has 3 aliphatic carbocycles. The summed E-state index contributed by atoms with van der Waals surface area (Å²) in [5.74, 6) is 0.163. The van der Waals surface area contributed by atoms with Crippen LogP contribution in [-0.2, 0) is 15.1 Å². The zero-order valence-electron chi connectivity index (χ0n) is 20.6. The third kappa shape index (κ3) is 3.63. The number of alkyl halides is 3. The van der Waals surface area contributed by atoms with Crippen LogP contribution in [0.4, 0.5) is 13.2 Å². The summed E-state index contributed by atoms with van der Waals surface area (Å²) in [5, 5.41) is 5.60. The van der Waals surface area contributed by atoms with Gasteiger partial charge in [-0.05, 0) is 80.3 Å². The number of benzene rings is 1. The molecular weight excluding hydrogens is 453 g/mol. The van der Waals surface area contributed by atoms with Crippen LogP contribution in [0, 0.1) is 34.5 Å². The molecule has 2 N–H and O–H groups in total. The number of carbonyl (C=O) groups excluding carboxylic acids is 2. The lowest BCUT2D eigenvalue weighted by Gasteiger charge is -2.58. The van der Waals surface area contributed by atoms with Gasteiger partial charge in [0.25, 0.3) is 0 Å². The van der Waals surface area contributed by atoms with Crippen LogP contribution >= 0.6 is 0 Å². The van der Waals surface area contributed by atoms with Crippen LogP contribution in [-0.4, -0.2) is 24.0 Å². The Morgan fingerprint density at radius 1 is 1.03 bits per heavy atom. The second-order valence-corrected chi connectivity index (χ2v) is 11.9. The Kier molecular flexibility index (Phi) is 5.65. The smallest absolute Gasteiger partial charge is 0.349 e. The first-order valence-electron chi connectivity index (χ1n) is 12.8. The quantitative estimate of drug-likeness (QED) is 0.591. The van der Waals surface area contributed by atoms with Crippen molar-refractivity contribution in [1.82, 2.24) is 10.6 Å². The summed E-state index contributed by atoms with van der Waals surface area (Å²) in [7, 11) is 0. The van der Waals surface area contributed by atoms with Crippen LogP contribution in [0.2, 0.25) is 0 Å². The van der Waals surface area contributed by atoms with Gasteiger partial charge in [0.2, 0.25) is 11.8 Å². The predicted molar refractivity (Wildman–Crippen MR) is 127 cm³/mol. The second kappa shape index (κ2) is 8.10. The van der Waals surface area contributed by atoms with Crippen molar-refractivity contribution >= 4 is 11.8 Å². The predicted octanol–water partition coefficient (Wildman–Crippen LogP) is 5.49. The number of amides is 2. The maximum atomic E-state index is 14.3. The summed E-state index contributed by atoms with van der Waals surface area (Å²) in [6, 6.07) is 7.79. The van der Waals surface area contributed by atoms with Crippen molar-refractivity contribution < 1.29 is 22.8 Å². The molecule has 190 valence electrons. The minimum atomic E-state index is -4.62. The lowest BCUT2D eigenvalue weighted by atomic mass is 9.48. The first-order valence-corrected chi connectivity index (χ1v) is 12.8. The van der Waals surface area contributed by atoms with Crippen LogP contribution in [0.15, 0.2) is 42.5 Å². The van der Waals surface area contributed by atoms with Crippen LogP contribution in [0.1, 0.15) is 64.9 Å². The summed E-state index contributed by atoms with van der Waals surface area (Å²) in [6.07, 6.45) is 4.22. The molecule has 3 unspecified atom stereocenters. The van der Waals surface area contributed by atoms with E-state index in [4.69, 9.17) is 0 Å². The van der Waals surface area contributed by atoms with Crippen LogP contribution in [0.5, 0.6) is 0 Å². The van der Waals surface area contributed by atoms with Gasteiger partial charge < -0.3 is 10.6 Å². The highest BCUT2D eigenvalue weighted by Crippen LogP contribution is 2.65. The minimum Gasteiger partial charge on any atom is -0.349 e. The Labute approximate surface area is 205 Å². The SMILES string of the molecule is C[C@]12CCC3C(CC[C@H]4NC(=O)C=C[C@]34C)C1CC[C@@H]2C(=O)N[C@](C)(c1ccccc1)C(F)(F)F. The van der Waals surface area contributed by atoms with Gasteiger partial charge in [0.05, 0.1) is 0 Å². The molecule has 2 amide bonds. The Morgan fingerprint density at radius 2 is 1.74 bits per heavy atom. The summed E-state index contributed by atoms with van der Waals surface area (Å²) < 4.78 is 42.8. The molecule has 1 aromatic carbocycles. The average Bonchev–Trinajstić information content (AvgIpc) is 3.16. The van der Waals surface area contributed by atoms with Gasteiger partial charge in [-0.1, -0.05) is 50.3 Å². The van der Waals surface area contributed by atoms with Gasteiger partial charge >= 0.3 is 6.18 Å². The van der Waals surface area contributed by atoms with Crippen LogP contribution in [0.3, 0.4) is 0 Å². The molecule has 5 rings (SSSR count). The zero-order valence-corrected chi connectivity index (χ0v) is 20.6. The number of rotatable bonds is 3. The molecule has 3 saturated carbocycles. The van der Waals surface area contributed by atoms with Gasteiger partial charge in [0.1, 0.15) is 0 Å².